The van der Waals surface area contributed by atoms with E-state index in [0.29, 0.717) is 6.04 Å². The Balaban J connectivity index is 1.86. The Morgan fingerprint density at radius 2 is 1.83 bits per heavy atom. The summed E-state index contributed by atoms with van der Waals surface area (Å²) in [6.07, 6.45) is 6.04. The van der Waals surface area contributed by atoms with E-state index in [1.807, 2.05) is 45.0 Å². The van der Waals surface area contributed by atoms with Crippen molar-refractivity contribution in [2.24, 2.45) is 5.92 Å². The molecular weight excluding hydrogens is 288 g/mol. The van der Waals surface area contributed by atoms with Crippen molar-refractivity contribution in [1.82, 2.24) is 0 Å². The summed E-state index contributed by atoms with van der Waals surface area (Å²) in [5, 5.41) is 6.38. The number of benzene rings is 1. The number of carbonyl (C=O) groups is 1. The molecule has 1 aliphatic carbocycles. The van der Waals surface area contributed by atoms with Crippen LogP contribution in [0, 0.1) is 5.92 Å². The molecule has 23 heavy (non-hydrogen) atoms. The van der Waals surface area contributed by atoms with Gasteiger partial charge in [0.25, 0.3) is 0 Å². The number of rotatable bonds is 4. The van der Waals surface area contributed by atoms with Crippen molar-refractivity contribution >= 4 is 17.5 Å². The Kier molecular flexibility index (Phi) is 5.91. The van der Waals surface area contributed by atoms with Crippen LogP contribution in [0.25, 0.3) is 0 Å². The number of anilines is 2. The van der Waals surface area contributed by atoms with Crippen molar-refractivity contribution in [3.8, 4) is 0 Å². The maximum absolute atomic E-state index is 11.8. The second-order valence-corrected chi connectivity index (χ2v) is 7.49. The van der Waals surface area contributed by atoms with E-state index < -0.39 is 11.7 Å². The van der Waals surface area contributed by atoms with Gasteiger partial charge in [-0.2, -0.15) is 0 Å². The summed E-state index contributed by atoms with van der Waals surface area (Å²) in [4.78, 5) is 11.8. The molecule has 0 aromatic heterocycles. The Bertz CT molecular complexity index is 505. The molecule has 0 heterocycles. The molecule has 128 valence electrons. The molecule has 2 atom stereocenters. The van der Waals surface area contributed by atoms with Gasteiger partial charge in [-0.15, -0.1) is 0 Å². The van der Waals surface area contributed by atoms with Crippen molar-refractivity contribution < 1.29 is 9.53 Å². The molecule has 4 heteroatoms. The summed E-state index contributed by atoms with van der Waals surface area (Å²) in [6, 6.07) is 8.42. The zero-order valence-electron chi connectivity index (χ0n) is 14.8. The second kappa shape index (κ2) is 7.71. The minimum absolute atomic E-state index is 0.420. The van der Waals surface area contributed by atoms with Gasteiger partial charge in [-0.25, -0.2) is 4.79 Å². The summed E-state index contributed by atoms with van der Waals surface area (Å²) in [5.74, 6) is 0.856. The normalized spacial score (nSPS) is 21.6. The van der Waals surface area contributed by atoms with E-state index in [1.54, 1.807) is 0 Å². The summed E-state index contributed by atoms with van der Waals surface area (Å²) >= 11 is 0. The number of hydrogen-bond donors (Lipinski definition) is 2. The largest absolute Gasteiger partial charge is 0.444 e. The topological polar surface area (TPSA) is 50.4 Å². The van der Waals surface area contributed by atoms with Gasteiger partial charge in [0, 0.05) is 17.4 Å². The first-order valence-corrected chi connectivity index (χ1v) is 8.72. The highest BCUT2D eigenvalue weighted by molar-refractivity contribution is 5.85. The Morgan fingerprint density at radius 3 is 2.43 bits per heavy atom. The number of carbonyl (C=O) groups excluding carboxylic acids is 1. The minimum atomic E-state index is -0.484. The van der Waals surface area contributed by atoms with E-state index in [9.17, 15) is 4.79 Å². The smallest absolute Gasteiger partial charge is 0.412 e. The summed E-state index contributed by atoms with van der Waals surface area (Å²) < 4.78 is 5.25. The molecule has 1 saturated carbocycles. The molecule has 2 unspecified atom stereocenters. The van der Waals surface area contributed by atoms with E-state index in [-0.39, 0.29) is 0 Å². The third-order valence-corrected chi connectivity index (χ3v) is 4.26. The standard InChI is InChI=1S/C19H30N2O2/c1-5-14-7-6-8-17(13-14)20-15-9-11-16(12-10-15)21-18(22)23-19(2,3)4/h9-12,14,17,20H,5-8,13H2,1-4H3,(H,21,22). The average molecular weight is 318 g/mol. The van der Waals surface area contributed by atoms with Crippen molar-refractivity contribution in [2.45, 2.75) is 71.4 Å². The van der Waals surface area contributed by atoms with Gasteiger partial charge in [-0.05, 0) is 63.8 Å². The highest BCUT2D eigenvalue weighted by Crippen LogP contribution is 2.29. The monoisotopic (exact) mass is 318 g/mol. The fourth-order valence-electron chi connectivity index (χ4n) is 3.10. The molecule has 2 rings (SSSR count). The lowest BCUT2D eigenvalue weighted by molar-refractivity contribution is 0.0636. The number of ether oxygens (including phenoxy) is 1. The van der Waals surface area contributed by atoms with E-state index >= 15 is 0 Å². The van der Waals surface area contributed by atoms with Gasteiger partial charge in [-0.3, -0.25) is 5.32 Å². The fraction of sp³-hybridized carbons (Fsp3) is 0.632. The van der Waals surface area contributed by atoms with E-state index in [2.05, 4.69) is 17.6 Å². The third-order valence-electron chi connectivity index (χ3n) is 4.26. The van der Waals surface area contributed by atoms with Crippen molar-refractivity contribution in [1.29, 1.82) is 0 Å². The average Bonchev–Trinajstić information content (AvgIpc) is 2.47. The van der Waals surface area contributed by atoms with Gasteiger partial charge in [0.15, 0.2) is 0 Å². The number of hydrogen-bond acceptors (Lipinski definition) is 3. The molecule has 0 saturated heterocycles. The molecule has 1 aromatic rings. The molecule has 2 N–H and O–H groups in total. The van der Waals surface area contributed by atoms with Crippen molar-refractivity contribution in [2.75, 3.05) is 10.6 Å². The zero-order chi connectivity index (χ0) is 16.9. The van der Waals surface area contributed by atoms with Gasteiger partial charge in [0.1, 0.15) is 5.60 Å². The maximum atomic E-state index is 11.8. The molecule has 1 fully saturated rings. The van der Waals surface area contributed by atoms with Crippen LogP contribution >= 0.6 is 0 Å². The zero-order valence-corrected chi connectivity index (χ0v) is 14.8. The van der Waals surface area contributed by atoms with Crippen LogP contribution < -0.4 is 10.6 Å². The SMILES string of the molecule is CCC1CCCC(Nc2ccc(NC(=O)OC(C)(C)C)cc2)C1. The Morgan fingerprint density at radius 1 is 1.17 bits per heavy atom. The van der Waals surface area contributed by atoms with Crippen LogP contribution in [0.3, 0.4) is 0 Å². The molecule has 1 amide bonds. The molecule has 0 spiro atoms. The van der Waals surface area contributed by atoms with Gasteiger partial charge < -0.3 is 10.1 Å². The van der Waals surface area contributed by atoms with Crippen LogP contribution in [0.15, 0.2) is 24.3 Å². The van der Waals surface area contributed by atoms with Crippen molar-refractivity contribution in [3.63, 3.8) is 0 Å². The first-order valence-electron chi connectivity index (χ1n) is 8.72. The summed E-state index contributed by atoms with van der Waals surface area (Å²) in [7, 11) is 0. The van der Waals surface area contributed by atoms with E-state index in [1.165, 1.54) is 32.1 Å². The van der Waals surface area contributed by atoms with Gasteiger partial charge in [0.05, 0.1) is 0 Å². The highest BCUT2D eigenvalue weighted by Gasteiger charge is 2.20. The first-order chi connectivity index (χ1) is 10.9. The molecule has 0 aliphatic heterocycles. The lowest BCUT2D eigenvalue weighted by atomic mass is 9.84. The predicted molar refractivity (Wildman–Crippen MR) is 96.0 cm³/mol. The third kappa shape index (κ3) is 6.12. The van der Waals surface area contributed by atoms with Crippen LogP contribution in [-0.2, 0) is 4.74 Å². The molecule has 0 radical (unpaired) electrons. The predicted octanol–water partition coefficient (Wildman–Crippen LogP) is 5.41. The molecule has 1 aliphatic rings. The fourth-order valence-corrected chi connectivity index (χ4v) is 3.10. The van der Waals surface area contributed by atoms with Crippen LogP contribution in [-0.4, -0.2) is 17.7 Å². The minimum Gasteiger partial charge on any atom is -0.444 e. The van der Waals surface area contributed by atoms with E-state index in [4.69, 9.17) is 4.74 Å². The quantitative estimate of drug-likeness (QED) is 0.780. The second-order valence-electron chi connectivity index (χ2n) is 7.49. The van der Waals surface area contributed by atoms with Gasteiger partial charge in [-0.1, -0.05) is 26.2 Å². The Labute approximate surface area is 140 Å². The maximum Gasteiger partial charge on any atom is 0.412 e. The lowest BCUT2D eigenvalue weighted by Gasteiger charge is -2.29. The summed E-state index contributed by atoms with van der Waals surface area (Å²) in [6.45, 7) is 7.85. The van der Waals surface area contributed by atoms with E-state index in [0.717, 1.165) is 17.3 Å². The highest BCUT2D eigenvalue weighted by atomic mass is 16.6. The van der Waals surface area contributed by atoms with Crippen LogP contribution in [0.2, 0.25) is 0 Å². The van der Waals surface area contributed by atoms with Crippen LogP contribution in [0.5, 0.6) is 0 Å². The van der Waals surface area contributed by atoms with Crippen LogP contribution in [0.4, 0.5) is 16.2 Å². The first kappa shape index (κ1) is 17.6. The van der Waals surface area contributed by atoms with Gasteiger partial charge >= 0.3 is 6.09 Å². The molecular formula is C19H30N2O2. The van der Waals surface area contributed by atoms with Gasteiger partial charge in [0.2, 0.25) is 0 Å². The number of nitrogens with one attached hydrogen (secondary N) is 2. The number of amides is 1. The molecule has 1 aromatic carbocycles. The van der Waals surface area contributed by atoms with Crippen LogP contribution in [0.1, 0.15) is 59.8 Å². The molecule has 4 nitrogen and oxygen atoms in total. The van der Waals surface area contributed by atoms with Crippen molar-refractivity contribution in [3.05, 3.63) is 24.3 Å². The molecule has 0 bridgehead atoms. The summed E-state index contributed by atoms with van der Waals surface area (Å²) in [5.41, 5.74) is 1.38. The Hall–Kier alpha value is -1.71. The lowest BCUT2D eigenvalue weighted by Crippen LogP contribution is -2.27.